The minimum absolute atomic E-state index is 0.0519. The fraction of sp³-hybridized carbons (Fsp3) is 0.875. The molecule has 0 saturated carbocycles. The minimum atomic E-state index is 0.0519. The molecule has 5 nitrogen and oxygen atoms in total. The van der Waals surface area contributed by atoms with Crippen LogP contribution in [0.4, 0.5) is 0 Å². The molecule has 0 rings (SSSR count). The van der Waals surface area contributed by atoms with Gasteiger partial charge in [-0.1, -0.05) is 26.2 Å². The Hall–Kier alpha value is -0.620. The van der Waals surface area contributed by atoms with Crippen LogP contribution in [0.3, 0.4) is 0 Å². The summed E-state index contributed by atoms with van der Waals surface area (Å²) in [7, 11) is 0. The van der Waals surface area contributed by atoms with Gasteiger partial charge in [-0.25, -0.2) is 0 Å². The zero-order valence-electron chi connectivity index (χ0n) is 13.4. The van der Waals surface area contributed by atoms with Crippen molar-refractivity contribution < 1.29 is 24.1 Å². The van der Waals surface area contributed by atoms with Crippen LogP contribution >= 0.6 is 0 Å². The van der Waals surface area contributed by atoms with Crippen LogP contribution in [0.25, 0.3) is 0 Å². The summed E-state index contributed by atoms with van der Waals surface area (Å²) in [6.07, 6.45) is 10.1. The van der Waals surface area contributed by atoms with E-state index in [0.29, 0.717) is 46.2 Å². The predicted octanol–water partition coefficient (Wildman–Crippen LogP) is 2.53. The van der Waals surface area contributed by atoms with Crippen LogP contribution in [0.15, 0.2) is 12.3 Å². The zero-order valence-corrected chi connectivity index (χ0v) is 13.4. The number of hydrogen-bond acceptors (Lipinski definition) is 5. The van der Waals surface area contributed by atoms with E-state index in [1.807, 2.05) is 0 Å². The highest BCUT2D eigenvalue weighted by Gasteiger charge is 1.91. The van der Waals surface area contributed by atoms with Gasteiger partial charge in [0.05, 0.1) is 52.5 Å². The first-order valence-corrected chi connectivity index (χ1v) is 8.02. The Labute approximate surface area is 129 Å². The van der Waals surface area contributed by atoms with Crippen LogP contribution in [0, 0.1) is 0 Å². The van der Waals surface area contributed by atoms with Crippen LogP contribution in [-0.2, 0) is 18.9 Å². The number of allylic oxidation sites excluding steroid dienone is 1. The molecule has 0 saturated heterocycles. The molecular weight excluding hydrogens is 272 g/mol. The van der Waals surface area contributed by atoms with Gasteiger partial charge in [-0.2, -0.15) is 0 Å². The summed E-state index contributed by atoms with van der Waals surface area (Å²) in [5.74, 6) is 0. The molecule has 0 aromatic carbocycles. The van der Waals surface area contributed by atoms with Gasteiger partial charge in [0.1, 0.15) is 6.61 Å². The fourth-order valence-corrected chi connectivity index (χ4v) is 1.61. The first-order chi connectivity index (χ1) is 10.4. The summed E-state index contributed by atoms with van der Waals surface area (Å²) in [6.45, 7) is 5.93. The molecular formula is C16H32O5. The Bertz CT molecular complexity index is 209. The van der Waals surface area contributed by atoms with Gasteiger partial charge in [0, 0.05) is 0 Å². The van der Waals surface area contributed by atoms with Crippen molar-refractivity contribution in [3.8, 4) is 0 Å². The second-order valence-electron chi connectivity index (χ2n) is 4.65. The molecule has 1 N–H and O–H groups in total. The second-order valence-corrected chi connectivity index (χ2v) is 4.65. The highest BCUT2D eigenvalue weighted by atomic mass is 16.6. The van der Waals surface area contributed by atoms with E-state index >= 15 is 0 Å². The van der Waals surface area contributed by atoms with E-state index in [1.54, 1.807) is 6.26 Å². The monoisotopic (exact) mass is 304 g/mol. The molecule has 0 aromatic heterocycles. The lowest BCUT2D eigenvalue weighted by Gasteiger charge is -2.06. The lowest BCUT2D eigenvalue weighted by atomic mass is 10.1. The van der Waals surface area contributed by atoms with Crippen molar-refractivity contribution in [2.24, 2.45) is 0 Å². The molecule has 0 unspecified atom stereocenters. The lowest BCUT2D eigenvalue weighted by molar-refractivity contribution is 0.00133. The summed E-state index contributed by atoms with van der Waals surface area (Å²) in [4.78, 5) is 0. The van der Waals surface area contributed by atoms with Gasteiger partial charge in [0.25, 0.3) is 0 Å². The van der Waals surface area contributed by atoms with Crippen LogP contribution in [0.1, 0.15) is 39.0 Å². The molecule has 0 fully saturated rings. The van der Waals surface area contributed by atoms with E-state index in [0.717, 1.165) is 6.42 Å². The molecule has 0 heterocycles. The zero-order chi connectivity index (χ0) is 15.4. The molecule has 0 atom stereocenters. The van der Waals surface area contributed by atoms with Crippen LogP contribution in [0.2, 0.25) is 0 Å². The van der Waals surface area contributed by atoms with Crippen molar-refractivity contribution in [3.05, 3.63) is 12.3 Å². The molecule has 0 aliphatic heterocycles. The van der Waals surface area contributed by atoms with E-state index < -0.39 is 0 Å². The van der Waals surface area contributed by atoms with Gasteiger partial charge in [0.15, 0.2) is 0 Å². The maximum absolute atomic E-state index is 8.49. The number of unbranched alkanes of at least 4 members (excludes halogenated alkanes) is 4. The molecule has 0 bridgehead atoms. The Morgan fingerprint density at radius 2 is 1.38 bits per heavy atom. The maximum atomic E-state index is 8.49. The van der Waals surface area contributed by atoms with Crippen molar-refractivity contribution in [2.75, 3.05) is 52.9 Å². The number of aliphatic hydroxyl groups is 1. The van der Waals surface area contributed by atoms with Crippen molar-refractivity contribution >= 4 is 0 Å². The first-order valence-electron chi connectivity index (χ1n) is 8.02. The second kappa shape index (κ2) is 19.4. The normalized spacial score (nSPS) is 11.3. The van der Waals surface area contributed by atoms with Gasteiger partial charge in [-0.3, -0.25) is 0 Å². The molecule has 126 valence electrons. The smallest absolute Gasteiger partial charge is 0.111 e. The number of aliphatic hydroxyl groups excluding tert-OH is 1. The molecule has 0 aliphatic carbocycles. The standard InChI is InChI=1S/C16H32O5/c1-2-3-4-5-6-7-9-18-11-13-20-15-16-21-14-12-19-10-8-17/h7,9,17H,2-6,8,10-16H2,1H3/b9-7+. The Kier molecular flexibility index (Phi) is 18.8. The largest absolute Gasteiger partial charge is 0.499 e. The Morgan fingerprint density at radius 3 is 2.00 bits per heavy atom. The van der Waals surface area contributed by atoms with Gasteiger partial charge >= 0.3 is 0 Å². The number of ether oxygens (including phenoxy) is 4. The quantitative estimate of drug-likeness (QED) is 0.330. The minimum Gasteiger partial charge on any atom is -0.499 e. The SMILES string of the molecule is CCCCCC/C=C/OCCOCCOCCOCCO. The first kappa shape index (κ1) is 20.4. The molecule has 0 aromatic rings. The van der Waals surface area contributed by atoms with Crippen molar-refractivity contribution in [1.82, 2.24) is 0 Å². The molecule has 0 spiro atoms. The average molecular weight is 304 g/mol. The maximum Gasteiger partial charge on any atom is 0.111 e. The van der Waals surface area contributed by atoms with Crippen molar-refractivity contribution in [3.63, 3.8) is 0 Å². The van der Waals surface area contributed by atoms with Crippen molar-refractivity contribution in [2.45, 2.75) is 39.0 Å². The van der Waals surface area contributed by atoms with Crippen LogP contribution < -0.4 is 0 Å². The lowest BCUT2D eigenvalue weighted by Crippen LogP contribution is -2.12. The molecule has 21 heavy (non-hydrogen) atoms. The summed E-state index contributed by atoms with van der Waals surface area (Å²) in [5.41, 5.74) is 0. The average Bonchev–Trinajstić information content (AvgIpc) is 2.50. The van der Waals surface area contributed by atoms with E-state index in [9.17, 15) is 0 Å². The summed E-state index contributed by atoms with van der Waals surface area (Å²) in [6, 6.07) is 0. The predicted molar refractivity (Wildman–Crippen MR) is 83.4 cm³/mol. The third-order valence-electron chi connectivity index (χ3n) is 2.74. The van der Waals surface area contributed by atoms with Gasteiger partial charge in [-0.05, 0) is 18.9 Å². The Morgan fingerprint density at radius 1 is 0.762 bits per heavy atom. The number of hydrogen-bond donors (Lipinski definition) is 1. The highest BCUT2D eigenvalue weighted by Crippen LogP contribution is 2.02. The van der Waals surface area contributed by atoms with E-state index in [1.165, 1.54) is 25.7 Å². The summed E-state index contributed by atoms with van der Waals surface area (Å²) < 4.78 is 21.0. The van der Waals surface area contributed by atoms with Crippen LogP contribution in [0.5, 0.6) is 0 Å². The van der Waals surface area contributed by atoms with E-state index in [-0.39, 0.29) is 6.61 Å². The third-order valence-corrected chi connectivity index (χ3v) is 2.74. The molecule has 0 amide bonds. The van der Waals surface area contributed by atoms with E-state index in [4.69, 9.17) is 24.1 Å². The van der Waals surface area contributed by atoms with Crippen LogP contribution in [-0.4, -0.2) is 58.0 Å². The topological polar surface area (TPSA) is 57.2 Å². The highest BCUT2D eigenvalue weighted by molar-refractivity contribution is 4.73. The van der Waals surface area contributed by atoms with E-state index in [2.05, 4.69) is 13.0 Å². The fourth-order valence-electron chi connectivity index (χ4n) is 1.61. The molecule has 0 radical (unpaired) electrons. The summed E-state index contributed by atoms with van der Waals surface area (Å²) in [5, 5.41) is 8.49. The summed E-state index contributed by atoms with van der Waals surface area (Å²) >= 11 is 0. The van der Waals surface area contributed by atoms with Gasteiger partial charge < -0.3 is 24.1 Å². The Balaban J connectivity index is 3.00. The van der Waals surface area contributed by atoms with Crippen molar-refractivity contribution in [1.29, 1.82) is 0 Å². The van der Waals surface area contributed by atoms with Gasteiger partial charge in [0.2, 0.25) is 0 Å². The van der Waals surface area contributed by atoms with Gasteiger partial charge in [-0.15, -0.1) is 0 Å². The number of rotatable bonds is 17. The third kappa shape index (κ3) is 19.4. The molecule has 0 aliphatic rings. The molecule has 5 heteroatoms.